The van der Waals surface area contributed by atoms with Gasteiger partial charge >= 0.3 is 5.97 Å². The van der Waals surface area contributed by atoms with Crippen molar-refractivity contribution < 1.29 is 23.1 Å². The predicted octanol–water partition coefficient (Wildman–Crippen LogP) is 1.60. The molecule has 0 heterocycles. The summed E-state index contributed by atoms with van der Waals surface area (Å²) in [7, 11) is 1.34. The number of halogens is 2. The minimum Gasteiger partial charge on any atom is -0.465 e. The summed E-state index contributed by atoms with van der Waals surface area (Å²) >= 11 is 0. The zero-order chi connectivity index (χ0) is 13.7. The largest absolute Gasteiger partial charge is 0.465 e. The summed E-state index contributed by atoms with van der Waals surface area (Å²) in [4.78, 5) is 23.9. The number of amides is 1. The van der Waals surface area contributed by atoms with E-state index in [-0.39, 0.29) is 18.7 Å². The molecule has 1 aromatic rings. The second-order valence-corrected chi connectivity index (χ2v) is 3.59. The number of esters is 1. The molecule has 1 rings (SSSR count). The Labute approximate surface area is 103 Å². The van der Waals surface area contributed by atoms with Crippen molar-refractivity contribution in [1.29, 1.82) is 0 Å². The number of hydrogen-bond acceptors (Lipinski definition) is 3. The maximum Gasteiger partial charge on any atom is 0.325 e. The molecule has 0 aromatic heterocycles. The van der Waals surface area contributed by atoms with Crippen molar-refractivity contribution in [2.45, 2.75) is 6.92 Å². The van der Waals surface area contributed by atoms with Crippen LogP contribution >= 0.6 is 0 Å². The van der Waals surface area contributed by atoms with Crippen LogP contribution in [-0.4, -0.2) is 37.0 Å². The van der Waals surface area contributed by atoms with Crippen LogP contribution < -0.4 is 0 Å². The minimum atomic E-state index is -0.962. The molecule has 98 valence electrons. The number of rotatable bonds is 4. The predicted molar refractivity (Wildman–Crippen MR) is 60.0 cm³/mol. The molecule has 0 atom stereocenters. The smallest absolute Gasteiger partial charge is 0.325 e. The molecule has 0 spiro atoms. The number of carbonyl (C=O) groups excluding carboxylic acids is 2. The Kier molecular flexibility index (Phi) is 4.76. The van der Waals surface area contributed by atoms with E-state index >= 15 is 0 Å². The molecule has 0 saturated carbocycles. The Balaban J connectivity index is 2.77. The maximum atomic E-state index is 13.3. The van der Waals surface area contributed by atoms with Crippen molar-refractivity contribution in [2.24, 2.45) is 0 Å². The highest BCUT2D eigenvalue weighted by Gasteiger charge is 2.19. The molecule has 6 heteroatoms. The molecule has 0 fully saturated rings. The second kappa shape index (κ2) is 6.09. The first-order chi connectivity index (χ1) is 8.45. The van der Waals surface area contributed by atoms with Crippen LogP contribution in [0.5, 0.6) is 0 Å². The van der Waals surface area contributed by atoms with Gasteiger partial charge in [0.05, 0.1) is 12.2 Å². The zero-order valence-electron chi connectivity index (χ0n) is 10.1. The molecule has 18 heavy (non-hydrogen) atoms. The first-order valence-electron chi connectivity index (χ1n) is 5.31. The highest BCUT2D eigenvalue weighted by Crippen LogP contribution is 2.11. The molecule has 1 amide bonds. The van der Waals surface area contributed by atoms with E-state index in [1.165, 1.54) is 7.05 Å². The number of carbonyl (C=O) groups is 2. The fourth-order valence-electron chi connectivity index (χ4n) is 1.34. The minimum absolute atomic E-state index is 0.200. The summed E-state index contributed by atoms with van der Waals surface area (Å²) in [5.41, 5.74) is -0.289. The molecule has 0 N–H and O–H groups in total. The molecule has 4 nitrogen and oxygen atoms in total. The molecular formula is C12H13F2NO3. The monoisotopic (exact) mass is 257 g/mol. The van der Waals surface area contributed by atoms with Gasteiger partial charge in [-0.25, -0.2) is 8.78 Å². The van der Waals surface area contributed by atoms with Crippen LogP contribution in [0.15, 0.2) is 18.2 Å². The van der Waals surface area contributed by atoms with Gasteiger partial charge in [0.25, 0.3) is 5.91 Å². The first kappa shape index (κ1) is 14.1. The fraction of sp³-hybridized carbons (Fsp3) is 0.333. The van der Waals surface area contributed by atoms with Crippen LogP contribution in [0, 0.1) is 11.6 Å². The fourth-order valence-corrected chi connectivity index (χ4v) is 1.34. The molecular weight excluding hydrogens is 244 g/mol. The third kappa shape index (κ3) is 3.51. The number of likely N-dealkylation sites (N-methyl/N-ethyl adjacent to an activating group) is 1. The van der Waals surface area contributed by atoms with Gasteiger partial charge in [-0.2, -0.15) is 0 Å². The van der Waals surface area contributed by atoms with Crippen molar-refractivity contribution in [2.75, 3.05) is 20.2 Å². The Hall–Kier alpha value is -1.98. The molecule has 0 aliphatic heterocycles. The average molecular weight is 257 g/mol. The number of hydrogen-bond donors (Lipinski definition) is 0. The third-order valence-electron chi connectivity index (χ3n) is 2.18. The Morgan fingerprint density at radius 1 is 1.33 bits per heavy atom. The van der Waals surface area contributed by atoms with Gasteiger partial charge in [0, 0.05) is 13.1 Å². The summed E-state index contributed by atoms with van der Waals surface area (Å²) in [6.45, 7) is 1.55. The number of benzene rings is 1. The van der Waals surface area contributed by atoms with Gasteiger partial charge in [0.2, 0.25) is 0 Å². The highest BCUT2D eigenvalue weighted by atomic mass is 19.1. The molecule has 0 saturated heterocycles. The van der Waals surface area contributed by atoms with Crippen LogP contribution in [0.3, 0.4) is 0 Å². The lowest BCUT2D eigenvalue weighted by Gasteiger charge is -2.16. The number of ether oxygens (including phenoxy) is 1. The van der Waals surface area contributed by atoms with Crippen molar-refractivity contribution in [1.82, 2.24) is 4.90 Å². The van der Waals surface area contributed by atoms with E-state index in [1.54, 1.807) is 6.92 Å². The molecule has 0 radical (unpaired) electrons. The third-order valence-corrected chi connectivity index (χ3v) is 2.18. The SMILES string of the molecule is CCOC(=O)CN(C)C(=O)c1ccc(F)cc1F. The first-order valence-corrected chi connectivity index (χ1v) is 5.31. The average Bonchev–Trinajstić information content (AvgIpc) is 2.28. The van der Waals surface area contributed by atoms with Crippen LogP contribution in [0.4, 0.5) is 8.78 Å². The van der Waals surface area contributed by atoms with Crippen molar-refractivity contribution in [3.63, 3.8) is 0 Å². The summed E-state index contributed by atoms with van der Waals surface area (Å²) in [6, 6.07) is 2.63. The Morgan fingerprint density at radius 2 is 2.00 bits per heavy atom. The van der Waals surface area contributed by atoms with Gasteiger partial charge in [-0.3, -0.25) is 9.59 Å². The summed E-state index contributed by atoms with van der Waals surface area (Å²) in [5.74, 6) is -3.02. The Morgan fingerprint density at radius 3 is 2.56 bits per heavy atom. The summed E-state index contributed by atoms with van der Waals surface area (Å²) in [6.07, 6.45) is 0. The van der Waals surface area contributed by atoms with Crippen LogP contribution in [0.2, 0.25) is 0 Å². The van der Waals surface area contributed by atoms with E-state index in [9.17, 15) is 18.4 Å². The quantitative estimate of drug-likeness (QED) is 0.770. The lowest BCUT2D eigenvalue weighted by atomic mass is 10.2. The van der Waals surface area contributed by atoms with Crippen LogP contribution in [0.25, 0.3) is 0 Å². The van der Waals surface area contributed by atoms with E-state index in [4.69, 9.17) is 0 Å². The lowest BCUT2D eigenvalue weighted by molar-refractivity contribution is -0.143. The van der Waals surface area contributed by atoms with Crippen LogP contribution in [-0.2, 0) is 9.53 Å². The van der Waals surface area contributed by atoms with Gasteiger partial charge in [-0.05, 0) is 19.1 Å². The van der Waals surface area contributed by atoms with Gasteiger partial charge in [0.1, 0.15) is 18.2 Å². The van der Waals surface area contributed by atoms with Crippen molar-refractivity contribution in [3.05, 3.63) is 35.4 Å². The van der Waals surface area contributed by atoms with E-state index < -0.39 is 23.5 Å². The van der Waals surface area contributed by atoms with Gasteiger partial charge in [-0.15, -0.1) is 0 Å². The van der Waals surface area contributed by atoms with Gasteiger partial charge in [-0.1, -0.05) is 0 Å². The Bertz CT molecular complexity index is 463. The topological polar surface area (TPSA) is 46.6 Å². The standard InChI is InChI=1S/C12H13F2NO3/c1-3-18-11(16)7-15(2)12(17)9-5-4-8(13)6-10(9)14/h4-6H,3,7H2,1-2H3. The molecule has 0 aliphatic carbocycles. The normalized spacial score (nSPS) is 10.0. The molecule has 1 aromatic carbocycles. The van der Waals surface area contributed by atoms with Crippen molar-refractivity contribution >= 4 is 11.9 Å². The molecule has 0 unspecified atom stereocenters. The zero-order valence-corrected chi connectivity index (χ0v) is 10.1. The van der Waals surface area contributed by atoms with Gasteiger partial charge in [0.15, 0.2) is 0 Å². The van der Waals surface area contributed by atoms with Crippen molar-refractivity contribution in [3.8, 4) is 0 Å². The van der Waals surface area contributed by atoms with E-state index in [0.717, 1.165) is 17.0 Å². The number of nitrogens with zero attached hydrogens (tertiary/aromatic N) is 1. The molecule has 0 aliphatic rings. The summed E-state index contributed by atoms with van der Waals surface area (Å²) < 4.78 is 30.7. The molecule has 0 bridgehead atoms. The van der Waals surface area contributed by atoms with Crippen LogP contribution in [0.1, 0.15) is 17.3 Å². The van der Waals surface area contributed by atoms with E-state index in [1.807, 2.05) is 0 Å². The van der Waals surface area contributed by atoms with E-state index in [0.29, 0.717) is 6.07 Å². The second-order valence-electron chi connectivity index (χ2n) is 3.59. The van der Waals surface area contributed by atoms with Gasteiger partial charge < -0.3 is 9.64 Å². The highest BCUT2D eigenvalue weighted by molar-refractivity contribution is 5.96. The van der Waals surface area contributed by atoms with E-state index in [2.05, 4.69) is 4.74 Å². The lowest BCUT2D eigenvalue weighted by Crippen LogP contribution is -2.33. The summed E-state index contributed by atoms with van der Waals surface area (Å²) in [5, 5.41) is 0. The maximum absolute atomic E-state index is 13.3.